The molecule has 5 nitrogen and oxygen atoms in total. The maximum Gasteiger partial charge on any atom is 0.141 e. The van der Waals surface area contributed by atoms with Crippen molar-refractivity contribution in [1.82, 2.24) is 10.4 Å². The van der Waals surface area contributed by atoms with E-state index in [1.54, 1.807) is 20.4 Å². The third kappa shape index (κ3) is 3.18. The topological polar surface area (TPSA) is 69.4 Å². The fraction of sp³-hybridized carbons (Fsp3) is 0.267. The van der Waals surface area contributed by atoms with E-state index in [1.807, 2.05) is 31.2 Å². The van der Waals surface area contributed by atoms with E-state index in [1.165, 1.54) is 0 Å². The van der Waals surface area contributed by atoms with Crippen molar-refractivity contribution < 1.29 is 9.47 Å². The molecule has 0 radical (unpaired) electrons. The molecular formula is C15H18BrN3O2. The van der Waals surface area contributed by atoms with Gasteiger partial charge in [-0.3, -0.25) is 10.8 Å². The van der Waals surface area contributed by atoms with Gasteiger partial charge in [-0.15, -0.1) is 0 Å². The van der Waals surface area contributed by atoms with Crippen LogP contribution in [0.25, 0.3) is 0 Å². The summed E-state index contributed by atoms with van der Waals surface area (Å²) in [6, 6.07) is 7.51. The molecule has 0 amide bonds. The van der Waals surface area contributed by atoms with Crippen LogP contribution in [0.4, 0.5) is 0 Å². The molecule has 2 rings (SSSR count). The van der Waals surface area contributed by atoms with Crippen LogP contribution in [-0.4, -0.2) is 19.2 Å². The Hall–Kier alpha value is -1.63. The third-order valence-electron chi connectivity index (χ3n) is 3.26. The van der Waals surface area contributed by atoms with Gasteiger partial charge in [-0.1, -0.05) is 6.07 Å². The summed E-state index contributed by atoms with van der Waals surface area (Å²) in [5.74, 6) is 7.12. The summed E-state index contributed by atoms with van der Waals surface area (Å²) in [6.07, 6.45) is 1.80. The number of nitrogens with two attached hydrogens (primary N) is 1. The van der Waals surface area contributed by atoms with Gasteiger partial charge in [0.2, 0.25) is 0 Å². The van der Waals surface area contributed by atoms with Crippen LogP contribution >= 0.6 is 15.9 Å². The van der Waals surface area contributed by atoms with E-state index in [9.17, 15) is 0 Å². The first-order chi connectivity index (χ1) is 10.1. The first-order valence-electron chi connectivity index (χ1n) is 6.41. The first kappa shape index (κ1) is 15.8. The zero-order valence-corrected chi connectivity index (χ0v) is 13.8. The van der Waals surface area contributed by atoms with Crippen molar-refractivity contribution in [2.45, 2.75) is 13.0 Å². The number of hydrogen-bond acceptors (Lipinski definition) is 5. The fourth-order valence-electron chi connectivity index (χ4n) is 2.16. The van der Waals surface area contributed by atoms with Crippen molar-refractivity contribution in [3.05, 3.63) is 51.8 Å². The molecule has 0 fully saturated rings. The molecule has 1 heterocycles. The lowest BCUT2D eigenvalue weighted by Gasteiger charge is -2.21. The molecule has 0 aliphatic heterocycles. The molecule has 0 saturated carbocycles. The standard InChI is InChI=1S/C15H18BrN3O2/c1-9-4-5-10(8-18-9)14(19-17)11-6-7-12(20-2)13(16)15(11)21-3/h4-8,14,19H,17H2,1-3H3. The van der Waals surface area contributed by atoms with Gasteiger partial charge < -0.3 is 9.47 Å². The van der Waals surface area contributed by atoms with Crippen molar-refractivity contribution in [2.75, 3.05) is 14.2 Å². The molecule has 1 unspecified atom stereocenters. The predicted molar refractivity (Wildman–Crippen MR) is 85.4 cm³/mol. The van der Waals surface area contributed by atoms with Gasteiger partial charge in [0.1, 0.15) is 16.0 Å². The highest BCUT2D eigenvalue weighted by Gasteiger charge is 2.21. The minimum atomic E-state index is -0.227. The number of pyridine rings is 1. The lowest BCUT2D eigenvalue weighted by Crippen LogP contribution is -2.29. The second-order valence-corrected chi connectivity index (χ2v) is 5.33. The summed E-state index contributed by atoms with van der Waals surface area (Å²) in [5.41, 5.74) is 5.63. The largest absolute Gasteiger partial charge is 0.495 e. The van der Waals surface area contributed by atoms with E-state index in [2.05, 4.69) is 26.3 Å². The highest BCUT2D eigenvalue weighted by Crippen LogP contribution is 2.40. The highest BCUT2D eigenvalue weighted by molar-refractivity contribution is 9.10. The Labute approximate surface area is 132 Å². The first-order valence-corrected chi connectivity index (χ1v) is 7.20. The third-order valence-corrected chi connectivity index (χ3v) is 4.01. The Balaban J connectivity index is 2.52. The predicted octanol–water partition coefficient (Wildman–Crippen LogP) is 2.72. The van der Waals surface area contributed by atoms with E-state index in [0.29, 0.717) is 11.5 Å². The molecule has 0 aliphatic carbocycles. The van der Waals surface area contributed by atoms with Crippen molar-refractivity contribution in [1.29, 1.82) is 0 Å². The van der Waals surface area contributed by atoms with Crippen LogP contribution in [0.15, 0.2) is 34.9 Å². The molecule has 21 heavy (non-hydrogen) atoms. The number of nitrogens with one attached hydrogen (secondary N) is 1. The van der Waals surface area contributed by atoms with Gasteiger partial charge in [-0.2, -0.15) is 0 Å². The van der Waals surface area contributed by atoms with Gasteiger partial charge in [0.15, 0.2) is 0 Å². The number of rotatable bonds is 5. The number of benzene rings is 1. The number of methoxy groups -OCH3 is 2. The molecular weight excluding hydrogens is 334 g/mol. The molecule has 0 saturated heterocycles. The van der Waals surface area contributed by atoms with E-state index in [4.69, 9.17) is 15.3 Å². The van der Waals surface area contributed by atoms with Crippen LogP contribution in [0.5, 0.6) is 11.5 Å². The van der Waals surface area contributed by atoms with E-state index in [0.717, 1.165) is 21.3 Å². The molecule has 1 aromatic heterocycles. The van der Waals surface area contributed by atoms with Crippen LogP contribution in [0.2, 0.25) is 0 Å². The summed E-state index contributed by atoms with van der Waals surface area (Å²) in [6.45, 7) is 1.94. The van der Waals surface area contributed by atoms with Crippen molar-refractivity contribution in [2.24, 2.45) is 5.84 Å². The number of aryl methyl sites for hydroxylation is 1. The van der Waals surface area contributed by atoms with Gasteiger partial charge in [0.05, 0.1) is 20.3 Å². The summed E-state index contributed by atoms with van der Waals surface area (Å²) in [7, 11) is 3.23. The summed E-state index contributed by atoms with van der Waals surface area (Å²) in [5, 5.41) is 0. The molecule has 1 aromatic carbocycles. The Morgan fingerprint density at radius 3 is 2.48 bits per heavy atom. The molecule has 0 aliphatic rings. The lowest BCUT2D eigenvalue weighted by atomic mass is 9.99. The number of nitrogens with zero attached hydrogens (tertiary/aromatic N) is 1. The van der Waals surface area contributed by atoms with Gasteiger partial charge in [-0.25, -0.2) is 5.43 Å². The van der Waals surface area contributed by atoms with Crippen molar-refractivity contribution in [3.63, 3.8) is 0 Å². The normalized spacial score (nSPS) is 12.0. The average molecular weight is 352 g/mol. The van der Waals surface area contributed by atoms with Crippen LogP contribution in [0.1, 0.15) is 22.9 Å². The Morgan fingerprint density at radius 1 is 1.19 bits per heavy atom. The van der Waals surface area contributed by atoms with E-state index >= 15 is 0 Å². The van der Waals surface area contributed by atoms with Crippen LogP contribution in [-0.2, 0) is 0 Å². The Bertz CT molecular complexity index is 617. The number of hydrazine groups is 1. The molecule has 1 atom stereocenters. The number of hydrogen-bond donors (Lipinski definition) is 2. The maximum absolute atomic E-state index is 5.74. The molecule has 112 valence electrons. The van der Waals surface area contributed by atoms with Crippen LogP contribution < -0.4 is 20.7 Å². The SMILES string of the molecule is COc1ccc(C(NN)c2ccc(C)nc2)c(OC)c1Br. The van der Waals surface area contributed by atoms with E-state index < -0.39 is 0 Å². The number of aromatic nitrogens is 1. The molecule has 2 aromatic rings. The van der Waals surface area contributed by atoms with Crippen molar-refractivity contribution >= 4 is 15.9 Å². The molecule has 0 spiro atoms. The zero-order valence-electron chi connectivity index (χ0n) is 12.2. The smallest absolute Gasteiger partial charge is 0.141 e. The molecule has 6 heteroatoms. The van der Waals surface area contributed by atoms with Crippen molar-refractivity contribution in [3.8, 4) is 11.5 Å². The maximum atomic E-state index is 5.74. The lowest BCUT2D eigenvalue weighted by molar-refractivity contribution is 0.383. The van der Waals surface area contributed by atoms with Gasteiger partial charge in [-0.05, 0) is 46.6 Å². The molecule has 3 N–H and O–H groups in total. The minimum absolute atomic E-state index is 0.227. The quantitative estimate of drug-likeness (QED) is 0.640. The average Bonchev–Trinajstić information content (AvgIpc) is 2.50. The van der Waals surface area contributed by atoms with Gasteiger partial charge in [0.25, 0.3) is 0 Å². The van der Waals surface area contributed by atoms with Gasteiger partial charge >= 0.3 is 0 Å². The molecule has 0 bridgehead atoms. The number of ether oxygens (including phenoxy) is 2. The minimum Gasteiger partial charge on any atom is -0.495 e. The van der Waals surface area contributed by atoms with Crippen LogP contribution in [0, 0.1) is 6.92 Å². The van der Waals surface area contributed by atoms with E-state index in [-0.39, 0.29) is 6.04 Å². The monoisotopic (exact) mass is 351 g/mol. The fourth-order valence-corrected chi connectivity index (χ4v) is 2.85. The Kier molecular flexibility index (Phi) is 5.17. The zero-order chi connectivity index (χ0) is 15.4. The highest BCUT2D eigenvalue weighted by atomic mass is 79.9. The van der Waals surface area contributed by atoms with Gasteiger partial charge in [0, 0.05) is 17.5 Å². The van der Waals surface area contributed by atoms with Crippen LogP contribution in [0.3, 0.4) is 0 Å². The second-order valence-electron chi connectivity index (χ2n) is 4.54. The summed E-state index contributed by atoms with van der Waals surface area (Å²) < 4.78 is 11.5. The summed E-state index contributed by atoms with van der Waals surface area (Å²) in [4.78, 5) is 4.31. The summed E-state index contributed by atoms with van der Waals surface area (Å²) >= 11 is 3.50. The second kappa shape index (κ2) is 6.89. The Morgan fingerprint density at radius 2 is 1.95 bits per heavy atom. The number of halogens is 1.